The predicted molar refractivity (Wildman–Crippen MR) is 162 cm³/mol. The summed E-state index contributed by atoms with van der Waals surface area (Å²) in [4.78, 5) is 55.0. The number of rotatable bonds is 5. The van der Waals surface area contributed by atoms with Gasteiger partial charge in [0.25, 0.3) is 0 Å². The van der Waals surface area contributed by atoms with Crippen LogP contribution in [0.3, 0.4) is 0 Å². The van der Waals surface area contributed by atoms with E-state index < -0.39 is 58.0 Å². The van der Waals surface area contributed by atoms with Gasteiger partial charge in [-0.15, -0.1) is 0 Å². The molecule has 0 bridgehead atoms. The largest absolute Gasteiger partial charge is 0.416 e. The molecule has 3 heterocycles. The van der Waals surface area contributed by atoms with Gasteiger partial charge >= 0.3 is 11.0 Å². The molecule has 0 aliphatic carbocycles. The summed E-state index contributed by atoms with van der Waals surface area (Å²) in [6.45, 7) is -0.503. The van der Waals surface area contributed by atoms with Gasteiger partial charge in [0.05, 0.1) is 22.2 Å². The van der Waals surface area contributed by atoms with Crippen molar-refractivity contribution in [2.24, 2.45) is 5.92 Å². The molecule has 4 aromatic rings. The first kappa shape index (κ1) is 29.7. The third-order valence-corrected chi connectivity index (χ3v) is 10.5. The van der Waals surface area contributed by atoms with Gasteiger partial charge in [-0.2, -0.15) is 13.2 Å². The lowest BCUT2D eigenvalue weighted by molar-refractivity contribution is -0.137. The van der Waals surface area contributed by atoms with Crippen molar-refractivity contribution in [2.45, 2.75) is 28.9 Å². The van der Waals surface area contributed by atoms with Crippen molar-refractivity contribution < 1.29 is 27.6 Å². The molecule has 3 amide bonds. The van der Waals surface area contributed by atoms with E-state index in [0.29, 0.717) is 26.2 Å². The first-order valence-corrected chi connectivity index (χ1v) is 15.5. The number of anilines is 2. The standard InChI is InChI=1S/C29H18BrClF3N3O4S2/c30-16-6-10-19(11-7-16)37-25(39)22-21(14-4-8-17(31)9-5-14)24-27(42-23(22)26(37)40)36(28(41)43-24)13-20(38)35-18-3-1-2-15(12-18)29(32,33)34/h1-12,21-23H,13H2,(H,35,38)/t21-,22?,23?/m0/s1. The molecule has 1 fully saturated rings. The van der Waals surface area contributed by atoms with E-state index in [9.17, 15) is 32.3 Å². The molecule has 0 saturated carbocycles. The minimum absolute atomic E-state index is 0.0783. The third kappa shape index (κ3) is 5.54. The number of amides is 3. The molecule has 7 nitrogen and oxygen atoms in total. The molecule has 2 aliphatic rings. The third-order valence-electron chi connectivity index (χ3n) is 7.14. The highest BCUT2D eigenvalue weighted by Crippen LogP contribution is 2.54. The Labute approximate surface area is 263 Å². The maximum absolute atomic E-state index is 13.9. The molecule has 1 aromatic heterocycles. The molecule has 3 aromatic carbocycles. The van der Waals surface area contributed by atoms with Crippen LogP contribution in [0.4, 0.5) is 24.5 Å². The number of hydrogen-bond acceptors (Lipinski definition) is 6. The first-order chi connectivity index (χ1) is 20.4. The maximum atomic E-state index is 13.9. The summed E-state index contributed by atoms with van der Waals surface area (Å²) in [5.41, 5.74) is 0.0683. The van der Waals surface area contributed by atoms with Crippen LogP contribution in [0.1, 0.15) is 21.9 Å². The SMILES string of the molecule is O=C(Cn1c2c(sc1=O)[C@@H](c1ccc(Cl)cc1)C1C(=O)N(c3ccc(Br)cc3)C(=O)C1S2)Nc1cccc(C(F)(F)F)c1. The van der Waals surface area contributed by atoms with Crippen molar-refractivity contribution in [1.29, 1.82) is 0 Å². The van der Waals surface area contributed by atoms with E-state index in [0.717, 1.165) is 44.6 Å². The molecule has 6 rings (SSSR count). The molecule has 2 aliphatic heterocycles. The van der Waals surface area contributed by atoms with Crippen molar-refractivity contribution in [1.82, 2.24) is 4.57 Å². The lowest BCUT2D eigenvalue weighted by Crippen LogP contribution is -2.33. The van der Waals surface area contributed by atoms with Crippen molar-refractivity contribution in [3.8, 4) is 0 Å². The van der Waals surface area contributed by atoms with Crippen LogP contribution in [0.5, 0.6) is 0 Å². The minimum Gasteiger partial charge on any atom is -0.325 e. The van der Waals surface area contributed by atoms with Crippen LogP contribution >= 0.6 is 50.6 Å². The van der Waals surface area contributed by atoms with Crippen LogP contribution in [-0.4, -0.2) is 27.5 Å². The number of hydrogen-bond donors (Lipinski definition) is 1. The van der Waals surface area contributed by atoms with Crippen molar-refractivity contribution in [3.63, 3.8) is 0 Å². The lowest BCUT2D eigenvalue weighted by Gasteiger charge is -2.30. The number of nitrogens with zero attached hydrogens (tertiary/aromatic N) is 2. The van der Waals surface area contributed by atoms with Gasteiger partial charge in [-0.3, -0.25) is 23.7 Å². The highest BCUT2D eigenvalue weighted by molar-refractivity contribution is 9.10. The van der Waals surface area contributed by atoms with Crippen LogP contribution in [0.2, 0.25) is 5.02 Å². The Morgan fingerprint density at radius 1 is 0.977 bits per heavy atom. The molecule has 3 atom stereocenters. The van der Waals surface area contributed by atoms with Gasteiger partial charge in [-0.25, -0.2) is 4.90 Å². The van der Waals surface area contributed by atoms with Crippen LogP contribution in [0.15, 0.2) is 87.1 Å². The molecular weight excluding hydrogens is 691 g/mol. The maximum Gasteiger partial charge on any atom is 0.416 e. The summed E-state index contributed by atoms with van der Waals surface area (Å²) in [5.74, 6) is -3.10. The number of thioether (sulfide) groups is 1. The fraction of sp³-hybridized carbons (Fsp3) is 0.172. The van der Waals surface area contributed by atoms with Crippen LogP contribution in [0.25, 0.3) is 0 Å². The van der Waals surface area contributed by atoms with Gasteiger partial charge < -0.3 is 5.32 Å². The van der Waals surface area contributed by atoms with E-state index in [1.54, 1.807) is 48.5 Å². The second-order valence-corrected chi connectivity index (χ2v) is 13.3. The van der Waals surface area contributed by atoms with Gasteiger partial charge in [0, 0.05) is 26.0 Å². The van der Waals surface area contributed by atoms with E-state index in [4.69, 9.17) is 11.6 Å². The highest BCUT2D eigenvalue weighted by Gasteiger charge is 2.56. The predicted octanol–water partition coefficient (Wildman–Crippen LogP) is 6.78. The number of carbonyl (C=O) groups excluding carboxylic acids is 3. The van der Waals surface area contributed by atoms with E-state index in [1.165, 1.54) is 16.7 Å². The monoisotopic (exact) mass is 707 g/mol. The Hall–Kier alpha value is -3.39. The van der Waals surface area contributed by atoms with Gasteiger partial charge in [0.15, 0.2) is 0 Å². The van der Waals surface area contributed by atoms with E-state index in [1.807, 2.05) is 0 Å². The number of nitrogens with one attached hydrogen (secondary N) is 1. The number of thiazole rings is 1. The van der Waals surface area contributed by atoms with Gasteiger partial charge in [0.2, 0.25) is 17.7 Å². The van der Waals surface area contributed by atoms with E-state index in [2.05, 4.69) is 21.2 Å². The Morgan fingerprint density at radius 2 is 1.67 bits per heavy atom. The number of alkyl halides is 3. The molecule has 0 radical (unpaired) electrons. The summed E-state index contributed by atoms with van der Waals surface area (Å²) < 4.78 is 41.4. The summed E-state index contributed by atoms with van der Waals surface area (Å²) in [6.07, 6.45) is -4.59. The lowest BCUT2D eigenvalue weighted by atomic mass is 9.83. The fourth-order valence-electron chi connectivity index (χ4n) is 5.25. The van der Waals surface area contributed by atoms with Crippen LogP contribution in [0, 0.1) is 5.92 Å². The smallest absolute Gasteiger partial charge is 0.325 e. The number of imide groups is 1. The quantitative estimate of drug-likeness (QED) is 0.231. The Bertz CT molecular complexity index is 1830. The van der Waals surface area contributed by atoms with Crippen LogP contribution in [-0.2, 0) is 27.1 Å². The van der Waals surface area contributed by atoms with Crippen LogP contribution < -0.4 is 15.1 Å². The summed E-state index contributed by atoms with van der Waals surface area (Å²) in [6, 6.07) is 17.7. The van der Waals surface area contributed by atoms with Gasteiger partial charge in [-0.05, 0) is 60.2 Å². The fourth-order valence-corrected chi connectivity index (χ4v) is 8.41. The Balaban J connectivity index is 1.37. The second kappa shape index (κ2) is 11.3. The molecule has 43 heavy (non-hydrogen) atoms. The zero-order chi connectivity index (χ0) is 30.6. The minimum atomic E-state index is -4.59. The zero-order valence-corrected chi connectivity index (χ0v) is 25.6. The molecule has 14 heteroatoms. The molecule has 0 spiro atoms. The Morgan fingerprint density at radius 3 is 2.35 bits per heavy atom. The van der Waals surface area contributed by atoms with Gasteiger partial charge in [-0.1, -0.05) is 68.8 Å². The van der Waals surface area contributed by atoms with Crippen molar-refractivity contribution >= 4 is 79.7 Å². The van der Waals surface area contributed by atoms with Gasteiger partial charge in [0.1, 0.15) is 11.8 Å². The summed E-state index contributed by atoms with van der Waals surface area (Å²) in [7, 11) is 0. The molecular formula is C29H18BrClF3N3O4S2. The molecule has 1 N–H and O–H groups in total. The topological polar surface area (TPSA) is 88.5 Å². The molecule has 220 valence electrons. The first-order valence-electron chi connectivity index (χ1n) is 12.7. The number of halogens is 5. The number of benzene rings is 3. The number of aromatic nitrogens is 1. The molecule has 2 unspecified atom stereocenters. The zero-order valence-electron chi connectivity index (χ0n) is 21.6. The van der Waals surface area contributed by atoms with Crippen molar-refractivity contribution in [2.75, 3.05) is 10.2 Å². The average Bonchev–Trinajstić information content (AvgIpc) is 3.40. The van der Waals surface area contributed by atoms with E-state index >= 15 is 0 Å². The molecule has 1 saturated heterocycles. The summed E-state index contributed by atoms with van der Waals surface area (Å²) in [5, 5.41) is 2.35. The van der Waals surface area contributed by atoms with Crippen molar-refractivity contribution in [3.05, 3.63) is 108 Å². The Kier molecular flexibility index (Phi) is 7.78. The number of carbonyl (C=O) groups is 3. The summed E-state index contributed by atoms with van der Waals surface area (Å²) >= 11 is 11.4. The van der Waals surface area contributed by atoms with E-state index in [-0.39, 0.29) is 5.69 Å². The number of fused-ring (bicyclic) bond motifs is 2. The average molecular weight is 709 g/mol. The second-order valence-electron chi connectivity index (χ2n) is 9.83. The highest BCUT2D eigenvalue weighted by atomic mass is 79.9. The normalized spacial score (nSPS) is 19.7.